The molecule has 3 aromatic rings. The van der Waals surface area contributed by atoms with Crippen molar-refractivity contribution in [1.82, 2.24) is 72.2 Å². The van der Waals surface area contributed by atoms with Crippen molar-refractivity contribution >= 4 is 93.7 Å². The number of aliphatic hydroxyl groups is 2. The van der Waals surface area contributed by atoms with E-state index in [2.05, 4.69) is 57.5 Å². The van der Waals surface area contributed by atoms with Gasteiger partial charge in [-0.1, -0.05) is 18.2 Å². The Balaban J connectivity index is 1.12. The van der Waals surface area contributed by atoms with E-state index < -0.39 is 181 Å². The fourth-order valence-corrected chi connectivity index (χ4v) is 12.3. The van der Waals surface area contributed by atoms with Crippen LogP contribution in [0.4, 0.5) is 0 Å². The molecule has 2 aromatic heterocycles. The Morgan fingerprint density at radius 1 is 0.596 bits per heavy atom. The van der Waals surface area contributed by atoms with Gasteiger partial charge >= 0.3 is 11.9 Å². The number of benzene rings is 1. The predicted octanol–water partition coefficient (Wildman–Crippen LogP) is -5.67. The van der Waals surface area contributed by atoms with Crippen LogP contribution < -0.4 is 65.5 Å². The first kappa shape index (κ1) is 78.3. The van der Waals surface area contributed by atoms with Crippen LogP contribution in [-0.4, -0.2) is 251 Å². The third-order valence-electron chi connectivity index (χ3n) is 17.6. The van der Waals surface area contributed by atoms with Gasteiger partial charge in [0.05, 0.1) is 31.6 Å². The second-order valence-corrected chi connectivity index (χ2v) is 24.9. The maximum absolute atomic E-state index is 14.8. The highest BCUT2D eigenvalue weighted by atomic mass is 16.4. The molecule has 3 aliphatic heterocycles. The van der Waals surface area contributed by atoms with Gasteiger partial charge in [0.1, 0.15) is 54.4 Å². The van der Waals surface area contributed by atoms with Crippen LogP contribution in [0.2, 0.25) is 0 Å². The highest BCUT2D eigenvalue weighted by molar-refractivity contribution is 6.00. The number of nitrogens with zero attached hydrogens (tertiary/aromatic N) is 4. The van der Waals surface area contributed by atoms with Crippen LogP contribution in [-0.2, 0) is 80.0 Å². The molecule has 0 bridgehead atoms. The van der Waals surface area contributed by atoms with E-state index in [0.717, 1.165) is 22.7 Å². The van der Waals surface area contributed by atoms with Gasteiger partial charge in [0, 0.05) is 74.3 Å². The maximum Gasteiger partial charge on any atom is 0.328 e. The molecule has 5 heterocycles. The van der Waals surface area contributed by atoms with Gasteiger partial charge in [0.15, 0.2) is 6.04 Å². The van der Waals surface area contributed by atoms with E-state index in [1.54, 1.807) is 12.3 Å². The highest BCUT2D eigenvalue weighted by Gasteiger charge is 2.43. The zero-order chi connectivity index (χ0) is 72.5. The van der Waals surface area contributed by atoms with Crippen molar-refractivity contribution in [2.75, 3.05) is 45.9 Å². The highest BCUT2D eigenvalue weighted by Crippen LogP contribution is 2.25. The molecule has 544 valence electrons. The summed E-state index contributed by atoms with van der Waals surface area (Å²) >= 11 is 0. The summed E-state index contributed by atoms with van der Waals surface area (Å²) in [6.07, 6.45) is 4.13. The van der Waals surface area contributed by atoms with Crippen LogP contribution in [0.15, 0.2) is 43.0 Å². The van der Waals surface area contributed by atoms with E-state index in [1.807, 2.05) is 18.2 Å². The number of fused-ring (bicyclic) bond motifs is 1. The molecule has 0 saturated carbocycles. The van der Waals surface area contributed by atoms with Crippen molar-refractivity contribution in [3.8, 4) is 0 Å². The number of aliphatic carboxylic acids is 2. The number of hydrogen-bond donors (Lipinski definition) is 18. The van der Waals surface area contributed by atoms with Crippen molar-refractivity contribution in [2.45, 2.75) is 195 Å². The molecule has 3 fully saturated rings. The first-order valence-corrected chi connectivity index (χ1v) is 33.3. The first-order chi connectivity index (χ1) is 47.3. The lowest BCUT2D eigenvalue weighted by atomic mass is 10.0. The zero-order valence-electron chi connectivity index (χ0n) is 55.2. The number of nitrogens with two attached hydrogens (primary N) is 4. The second kappa shape index (κ2) is 38.5. The minimum absolute atomic E-state index is 0.00460. The molecule has 3 saturated heterocycles. The molecule has 36 heteroatoms. The number of primary amides is 1. The average Bonchev–Trinajstić information content (AvgIpc) is 1.71. The summed E-state index contributed by atoms with van der Waals surface area (Å²) in [7, 11) is 0. The number of nitrogens with one attached hydrogen (secondary N) is 10. The van der Waals surface area contributed by atoms with Crippen LogP contribution in [0.25, 0.3) is 10.9 Å². The largest absolute Gasteiger partial charge is 0.481 e. The molecular formula is C63H94N18O18. The summed E-state index contributed by atoms with van der Waals surface area (Å²) in [6.45, 7) is -0.1000. The van der Waals surface area contributed by atoms with Gasteiger partial charge in [-0.2, -0.15) is 0 Å². The number of aromatic nitrogens is 3. The van der Waals surface area contributed by atoms with E-state index in [-0.39, 0.29) is 96.9 Å². The van der Waals surface area contributed by atoms with Crippen molar-refractivity contribution in [2.24, 2.45) is 22.9 Å². The van der Waals surface area contributed by atoms with E-state index in [9.17, 15) is 87.5 Å². The second-order valence-electron chi connectivity index (χ2n) is 24.9. The molecule has 3 aliphatic rings. The Morgan fingerprint density at radius 2 is 1.12 bits per heavy atom. The van der Waals surface area contributed by atoms with Gasteiger partial charge < -0.3 is 111 Å². The summed E-state index contributed by atoms with van der Waals surface area (Å²) in [5, 5.41) is 60.1. The van der Waals surface area contributed by atoms with E-state index in [1.165, 1.54) is 22.3 Å². The number of carboxylic acids is 2. The standard InChI is InChI=1S/C63H94N18O18/c1-34(83)52(63(98)99)78-54(89)41(14-5-7-23-65)74-58(93)48-17-10-26-81(48)61(96)42(19-20-49(67)84)75-56(91)45(32-82)72-50(85)31-70-57(92)46-15-8-25-80(46)62(97)44(28-36-30-68-33-71-36)77-53(88)40(13-4-6-22-64)73-55(90)43(27-35-29-69-39-12-3-2-11-37(35)39)76-59(94)47-16-9-24-79(47)60(95)38(66)18-21-51(86)87/h2-3,11-12,29-30,33-34,38,40-48,52,69,82-83H,4-10,13-28,31-32,64-66H2,1H3,(H2,67,84)(H,68,71)(H,70,92)(H,72,85)(H,73,90)(H,74,93)(H,75,91)(H,76,94)(H,77,88)(H,78,89)(H,86,87)(H,98,99)/t34-,38+,40+,41+,42+,43+,44+,45+,46+,47+,48+,52+/m1/s1. The Morgan fingerprint density at radius 3 is 1.68 bits per heavy atom. The maximum atomic E-state index is 14.8. The molecule has 0 unspecified atom stereocenters. The first-order valence-electron chi connectivity index (χ1n) is 33.3. The van der Waals surface area contributed by atoms with Crippen molar-refractivity contribution < 1.29 is 87.5 Å². The van der Waals surface area contributed by atoms with E-state index in [0.29, 0.717) is 49.8 Å². The Hall–Kier alpha value is -9.65. The average molecular weight is 1390 g/mol. The fourth-order valence-electron chi connectivity index (χ4n) is 12.3. The van der Waals surface area contributed by atoms with Gasteiger partial charge in [-0.05, 0) is 122 Å². The fraction of sp³-hybridized carbons (Fsp3) is 0.603. The number of imidazole rings is 1. The van der Waals surface area contributed by atoms with E-state index >= 15 is 0 Å². The SMILES string of the molecule is C[C@@H](O)[C@H](NC(=O)[C@H](CCCCN)NC(=O)[C@@H]1CCCN1C(=O)[C@H](CCC(N)=O)NC(=O)[C@H](CO)NC(=O)CNC(=O)[C@@H]1CCCN1C(=O)[C@H](Cc1cnc[nH]1)NC(=O)[C@H](CCCCN)NC(=O)[C@H](Cc1c[nH]c2ccccc12)NC(=O)[C@@H]1CCCN1C(=O)[C@@H](N)CCC(=O)O)C(=O)O. The summed E-state index contributed by atoms with van der Waals surface area (Å²) in [6, 6.07) is -7.97. The number of hydrogen-bond acceptors (Lipinski definition) is 20. The summed E-state index contributed by atoms with van der Waals surface area (Å²) in [5.74, 6) is -12.8. The topological polar surface area (TPSA) is 574 Å². The molecule has 36 nitrogen and oxygen atoms in total. The minimum Gasteiger partial charge on any atom is -0.481 e. The van der Waals surface area contributed by atoms with E-state index in [4.69, 9.17) is 22.9 Å². The third kappa shape index (κ3) is 22.7. The Bertz CT molecular complexity index is 3330. The molecule has 22 N–H and O–H groups in total. The number of aromatic amines is 2. The molecule has 12 amide bonds. The number of rotatable bonds is 40. The van der Waals surface area contributed by atoms with Crippen LogP contribution in [0.5, 0.6) is 0 Å². The molecule has 0 radical (unpaired) electrons. The quantitative estimate of drug-likeness (QED) is 0.0236. The summed E-state index contributed by atoms with van der Waals surface area (Å²) in [4.78, 5) is 203. The monoisotopic (exact) mass is 1390 g/mol. The van der Waals surface area contributed by atoms with Crippen LogP contribution in [0, 0.1) is 0 Å². The number of amides is 12. The normalized spacial score (nSPS) is 18.6. The van der Waals surface area contributed by atoms with Gasteiger partial charge in [0.2, 0.25) is 70.9 Å². The lowest BCUT2D eigenvalue weighted by Crippen LogP contribution is -2.60. The molecule has 0 aliphatic carbocycles. The van der Waals surface area contributed by atoms with Crippen LogP contribution in [0.1, 0.15) is 121 Å². The smallest absolute Gasteiger partial charge is 0.328 e. The van der Waals surface area contributed by atoms with Gasteiger partial charge in [-0.3, -0.25) is 62.3 Å². The minimum atomic E-state index is -1.77. The number of carbonyl (C=O) groups is 14. The van der Waals surface area contributed by atoms with Crippen LogP contribution in [0.3, 0.4) is 0 Å². The summed E-state index contributed by atoms with van der Waals surface area (Å²) in [5.41, 5.74) is 24.7. The number of para-hydroxylation sites is 1. The third-order valence-corrected chi connectivity index (χ3v) is 17.6. The van der Waals surface area contributed by atoms with Gasteiger partial charge in [-0.25, -0.2) is 9.78 Å². The van der Waals surface area contributed by atoms with Gasteiger partial charge in [0.25, 0.3) is 0 Å². The zero-order valence-corrected chi connectivity index (χ0v) is 55.2. The van der Waals surface area contributed by atoms with Crippen molar-refractivity contribution in [3.05, 3.63) is 54.2 Å². The lowest BCUT2D eigenvalue weighted by Gasteiger charge is -2.31. The predicted molar refractivity (Wildman–Crippen MR) is 351 cm³/mol. The lowest BCUT2D eigenvalue weighted by molar-refractivity contribution is -0.146. The van der Waals surface area contributed by atoms with Gasteiger partial charge in [-0.15, -0.1) is 0 Å². The molecule has 0 spiro atoms. The molecule has 12 atom stereocenters. The number of unbranched alkanes of at least 4 members (excludes halogenated alkanes) is 2. The molecule has 99 heavy (non-hydrogen) atoms. The Labute approximate surface area is 569 Å². The molecule has 1 aromatic carbocycles. The Kier molecular flexibility index (Phi) is 30.5. The van der Waals surface area contributed by atoms with Crippen LogP contribution >= 0.6 is 0 Å². The number of likely N-dealkylation sites (tertiary alicyclic amines) is 3. The van der Waals surface area contributed by atoms with Crippen molar-refractivity contribution in [3.63, 3.8) is 0 Å². The number of aliphatic hydroxyl groups excluding tert-OH is 2. The van der Waals surface area contributed by atoms with Crippen molar-refractivity contribution in [1.29, 1.82) is 0 Å². The molecular weight excluding hydrogens is 1300 g/mol. The number of carbonyl (C=O) groups excluding carboxylic acids is 12. The molecule has 6 rings (SSSR count). The number of carboxylic acid groups (broad SMARTS) is 2. The number of H-pyrrole nitrogens is 2. The summed E-state index contributed by atoms with van der Waals surface area (Å²) < 4.78 is 0.